The Hall–Kier alpha value is -2.25. The standard InChI is InChI=1S/C17H16F4N2O2/c18-16(19)6-1-11(2-7-16)13-5-10-22-14(15(13)23(24)25)12-3-8-17(20,21)9-4-12/h1,3,5,10H,2,4,6-9H2. The topological polar surface area (TPSA) is 56.0 Å². The summed E-state index contributed by atoms with van der Waals surface area (Å²) in [6, 6.07) is 1.43. The summed E-state index contributed by atoms with van der Waals surface area (Å²) in [5.74, 6) is -5.61. The molecule has 0 spiro atoms. The third kappa shape index (κ3) is 3.72. The van der Waals surface area contributed by atoms with Gasteiger partial charge >= 0.3 is 5.69 Å². The highest BCUT2D eigenvalue weighted by Gasteiger charge is 2.36. The number of alkyl halides is 4. The molecule has 0 atom stereocenters. The van der Waals surface area contributed by atoms with Crippen LogP contribution in [0.3, 0.4) is 0 Å². The Labute approximate surface area is 141 Å². The average molecular weight is 356 g/mol. The van der Waals surface area contributed by atoms with Gasteiger partial charge in [-0.05, 0) is 30.1 Å². The first-order valence-corrected chi connectivity index (χ1v) is 7.96. The lowest BCUT2D eigenvalue weighted by molar-refractivity contribution is -0.385. The molecule has 1 heterocycles. The zero-order valence-corrected chi connectivity index (χ0v) is 13.3. The molecule has 0 radical (unpaired) electrons. The van der Waals surface area contributed by atoms with E-state index in [1.807, 2.05) is 0 Å². The molecule has 25 heavy (non-hydrogen) atoms. The highest BCUT2D eigenvalue weighted by molar-refractivity contribution is 5.81. The van der Waals surface area contributed by atoms with E-state index < -0.39 is 36.0 Å². The van der Waals surface area contributed by atoms with Gasteiger partial charge in [0.25, 0.3) is 11.8 Å². The summed E-state index contributed by atoms with van der Waals surface area (Å²) in [6.45, 7) is 0. The van der Waals surface area contributed by atoms with Crippen molar-refractivity contribution in [2.24, 2.45) is 0 Å². The van der Waals surface area contributed by atoms with Crippen molar-refractivity contribution in [3.63, 3.8) is 0 Å². The zero-order valence-electron chi connectivity index (χ0n) is 13.3. The van der Waals surface area contributed by atoms with Crippen LogP contribution in [0.2, 0.25) is 0 Å². The average Bonchev–Trinajstić information content (AvgIpc) is 2.54. The van der Waals surface area contributed by atoms with Crippen LogP contribution >= 0.6 is 0 Å². The van der Waals surface area contributed by atoms with Gasteiger partial charge in [0.2, 0.25) is 0 Å². The molecule has 0 fully saturated rings. The first-order chi connectivity index (χ1) is 11.7. The highest BCUT2D eigenvalue weighted by Crippen LogP contribution is 2.43. The monoisotopic (exact) mass is 356 g/mol. The maximum Gasteiger partial charge on any atom is 0.302 e. The van der Waals surface area contributed by atoms with Gasteiger partial charge in [0, 0.05) is 31.9 Å². The number of halogens is 4. The summed E-state index contributed by atoms with van der Waals surface area (Å²) in [5.41, 5.74) is 0.875. The summed E-state index contributed by atoms with van der Waals surface area (Å²) < 4.78 is 53.3. The van der Waals surface area contributed by atoms with E-state index in [9.17, 15) is 27.7 Å². The molecular weight excluding hydrogens is 340 g/mol. The second-order valence-corrected chi connectivity index (χ2v) is 6.39. The fourth-order valence-electron chi connectivity index (χ4n) is 3.18. The summed E-state index contributed by atoms with van der Waals surface area (Å²) in [7, 11) is 0. The molecule has 8 heteroatoms. The fraction of sp³-hybridized carbons (Fsp3) is 0.471. The molecule has 0 aliphatic heterocycles. The van der Waals surface area contributed by atoms with Crippen LogP contribution in [0.15, 0.2) is 24.4 Å². The van der Waals surface area contributed by atoms with Crippen LogP contribution in [-0.2, 0) is 0 Å². The molecular formula is C17H16F4N2O2. The minimum atomic E-state index is -2.81. The second-order valence-electron chi connectivity index (χ2n) is 6.39. The second kappa shape index (κ2) is 6.24. The van der Waals surface area contributed by atoms with Crippen molar-refractivity contribution in [3.8, 4) is 0 Å². The Kier molecular flexibility index (Phi) is 4.38. The predicted molar refractivity (Wildman–Crippen MR) is 84.4 cm³/mol. The molecule has 0 N–H and O–H groups in total. The lowest BCUT2D eigenvalue weighted by atomic mass is 9.88. The fourth-order valence-corrected chi connectivity index (χ4v) is 3.18. The van der Waals surface area contributed by atoms with E-state index >= 15 is 0 Å². The van der Waals surface area contributed by atoms with E-state index in [1.54, 1.807) is 0 Å². The van der Waals surface area contributed by atoms with Crippen molar-refractivity contribution >= 4 is 16.8 Å². The first kappa shape index (κ1) is 17.6. The molecule has 2 aliphatic rings. The van der Waals surface area contributed by atoms with Crippen molar-refractivity contribution in [2.45, 2.75) is 50.4 Å². The van der Waals surface area contributed by atoms with E-state index in [2.05, 4.69) is 4.98 Å². The maximum atomic E-state index is 13.3. The van der Waals surface area contributed by atoms with Crippen LogP contribution in [0.1, 0.15) is 49.8 Å². The number of hydrogen-bond donors (Lipinski definition) is 0. The molecule has 0 bridgehead atoms. The van der Waals surface area contributed by atoms with E-state index in [-0.39, 0.29) is 36.2 Å². The Bertz CT molecular complexity index is 718. The highest BCUT2D eigenvalue weighted by atomic mass is 19.3. The van der Waals surface area contributed by atoms with Crippen molar-refractivity contribution in [1.82, 2.24) is 4.98 Å². The van der Waals surface area contributed by atoms with Crippen LogP contribution in [0.5, 0.6) is 0 Å². The summed E-state index contributed by atoms with van der Waals surface area (Å²) in [4.78, 5) is 15.0. The van der Waals surface area contributed by atoms with Gasteiger partial charge in [-0.1, -0.05) is 12.2 Å². The van der Waals surface area contributed by atoms with Crippen molar-refractivity contribution in [2.75, 3.05) is 0 Å². The zero-order chi connectivity index (χ0) is 18.2. The Morgan fingerprint density at radius 2 is 1.56 bits per heavy atom. The molecule has 134 valence electrons. The predicted octanol–water partition coefficient (Wildman–Crippen LogP) is 5.40. The quantitative estimate of drug-likeness (QED) is 0.414. The van der Waals surface area contributed by atoms with Gasteiger partial charge in [-0.25, -0.2) is 22.5 Å². The van der Waals surface area contributed by atoms with Gasteiger partial charge in [-0.2, -0.15) is 0 Å². The van der Waals surface area contributed by atoms with Gasteiger partial charge in [0.05, 0.1) is 10.5 Å². The van der Waals surface area contributed by atoms with Gasteiger partial charge in [0.15, 0.2) is 0 Å². The Morgan fingerprint density at radius 1 is 1.00 bits per heavy atom. The Balaban J connectivity index is 2.03. The molecule has 1 aromatic rings. The number of nitro groups is 1. The number of rotatable bonds is 3. The molecule has 4 nitrogen and oxygen atoms in total. The van der Waals surface area contributed by atoms with Gasteiger partial charge in [-0.3, -0.25) is 10.1 Å². The minimum Gasteiger partial charge on any atom is -0.258 e. The number of nitrogens with zero attached hydrogens (tertiary/aromatic N) is 2. The summed E-state index contributed by atoms with van der Waals surface area (Å²) >= 11 is 0. The lowest BCUT2D eigenvalue weighted by Crippen LogP contribution is -2.19. The smallest absolute Gasteiger partial charge is 0.258 e. The van der Waals surface area contributed by atoms with E-state index in [1.165, 1.54) is 24.4 Å². The van der Waals surface area contributed by atoms with Crippen molar-refractivity contribution < 1.29 is 22.5 Å². The third-order valence-electron chi connectivity index (χ3n) is 4.57. The van der Waals surface area contributed by atoms with Crippen LogP contribution in [-0.4, -0.2) is 21.8 Å². The van der Waals surface area contributed by atoms with E-state index in [4.69, 9.17) is 0 Å². The molecule has 0 aromatic carbocycles. The van der Waals surface area contributed by atoms with Gasteiger partial charge in [-0.15, -0.1) is 0 Å². The summed E-state index contributed by atoms with van der Waals surface area (Å²) in [5, 5.41) is 11.6. The van der Waals surface area contributed by atoms with Crippen LogP contribution in [0.4, 0.5) is 23.2 Å². The molecule has 0 saturated carbocycles. The number of hydrogen-bond acceptors (Lipinski definition) is 3. The minimum absolute atomic E-state index is 0.0125. The molecule has 1 aromatic heterocycles. The molecule has 3 rings (SSSR count). The van der Waals surface area contributed by atoms with Gasteiger partial charge < -0.3 is 0 Å². The Morgan fingerprint density at radius 3 is 2.04 bits per heavy atom. The molecule has 0 saturated heterocycles. The molecule has 2 aliphatic carbocycles. The maximum absolute atomic E-state index is 13.3. The van der Waals surface area contributed by atoms with Crippen molar-refractivity contribution in [3.05, 3.63) is 45.8 Å². The SMILES string of the molecule is O=[N+]([O-])c1c(C2=CCC(F)(F)CC2)ccnc1C1=CCC(F)(F)CC1. The third-order valence-corrected chi connectivity index (χ3v) is 4.57. The van der Waals surface area contributed by atoms with Gasteiger partial charge in [0.1, 0.15) is 5.69 Å². The van der Waals surface area contributed by atoms with E-state index in [0.29, 0.717) is 11.1 Å². The normalized spacial score (nSPS) is 22.1. The summed E-state index contributed by atoms with van der Waals surface area (Å²) in [6.07, 6.45) is 2.26. The van der Waals surface area contributed by atoms with Crippen LogP contribution in [0.25, 0.3) is 11.1 Å². The van der Waals surface area contributed by atoms with Crippen molar-refractivity contribution in [1.29, 1.82) is 0 Å². The first-order valence-electron chi connectivity index (χ1n) is 7.96. The van der Waals surface area contributed by atoms with Crippen LogP contribution in [0, 0.1) is 10.1 Å². The lowest BCUT2D eigenvalue weighted by Gasteiger charge is -2.23. The number of allylic oxidation sites excluding steroid dienone is 4. The number of aromatic nitrogens is 1. The molecule has 0 amide bonds. The number of pyridine rings is 1. The van der Waals surface area contributed by atoms with Crippen LogP contribution < -0.4 is 0 Å². The van der Waals surface area contributed by atoms with E-state index in [0.717, 1.165) is 0 Å². The largest absolute Gasteiger partial charge is 0.302 e. The molecule has 0 unspecified atom stereocenters.